The van der Waals surface area contributed by atoms with Gasteiger partial charge in [-0.3, -0.25) is 0 Å². The van der Waals surface area contributed by atoms with Gasteiger partial charge in [-0.05, 0) is 31.0 Å². The predicted octanol–water partition coefficient (Wildman–Crippen LogP) is 3.96. The Morgan fingerprint density at radius 2 is 1.74 bits per heavy atom. The van der Waals surface area contributed by atoms with E-state index in [0.717, 1.165) is 28.2 Å². The molecule has 2 aromatic carbocycles. The summed E-state index contributed by atoms with van der Waals surface area (Å²) in [5.74, 6) is 0.882. The number of para-hydroxylation sites is 1. The smallest absolute Gasteiger partial charge is 0.122 e. The molecule has 2 rings (SSSR count). The lowest BCUT2D eigenvalue weighted by Crippen LogP contribution is -2.22. The minimum Gasteiger partial charge on any atom is -0.489 e. The largest absolute Gasteiger partial charge is 0.489 e. The topological polar surface area (TPSA) is 40.0 Å². The molecule has 23 heavy (non-hydrogen) atoms. The number of benzene rings is 2. The van der Waals surface area contributed by atoms with E-state index in [2.05, 4.69) is 5.16 Å². The molecular weight excluding hydrogens is 290 g/mol. The molecular formula is C19H23NO3. The SMILES string of the molecule is CON=C(c1ccccc1COc1ccccc1C)C(C)OC. The predicted molar refractivity (Wildman–Crippen MR) is 92.0 cm³/mol. The Balaban J connectivity index is 2.26. The molecule has 0 aliphatic carbocycles. The van der Waals surface area contributed by atoms with E-state index in [-0.39, 0.29) is 6.10 Å². The maximum atomic E-state index is 5.97. The highest BCUT2D eigenvalue weighted by Gasteiger charge is 2.17. The van der Waals surface area contributed by atoms with Gasteiger partial charge >= 0.3 is 0 Å². The lowest BCUT2D eigenvalue weighted by atomic mass is 10.0. The lowest BCUT2D eigenvalue weighted by Gasteiger charge is -2.17. The number of ether oxygens (including phenoxy) is 2. The van der Waals surface area contributed by atoms with Crippen molar-refractivity contribution >= 4 is 5.71 Å². The van der Waals surface area contributed by atoms with E-state index in [9.17, 15) is 0 Å². The Morgan fingerprint density at radius 3 is 2.43 bits per heavy atom. The average molecular weight is 313 g/mol. The summed E-state index contributed by atoms with van der Waals surface area (Å²) in [5.41, 5.74) is 3.87. The van der Waals surface area contributed by atoms with E-state index in [1.165, 1.54) is 7.11 Å². The molecule has 0 aliphatic heterocycles. The molecule has 0 saturated carbocycles. The van der Waals surface area contributed by atoms with Crippen LogP contribution >= 0.6 is 0 Å². The van der Waals surface area contributed by atoms with Crippen LogP contribution in [0.25, 0.3) is 0 Å². The molecule has 0 fully saturated rings. The molecule has 4 nitrogen and oxygen atoms in total. The first kappa shape index (κ1) is 17.0. The Kier molecular flexibility index (Phi) is 6.18. The fourth-order valence-corrected chi connectivity index (χ4v) is 2.32. The van der Waals surface area contributed by atoms with Crippen LogP contribution in [0.1, 0.15) is 23.6 Å². The van der Waals surface area contributed by atoms with Crippen molar-refractivity contribution < 1.29 is 14.3 Å². The fraction of sp³-hybridized carbons (Fsp3) is 0.316. The molecule has 0 aromatic heterocycles. The van der Waals surface area contributed by atoms with Gasteiger partial charge in [-0.2, -0.15) is 0 Å². The van der Waals surface area contributed by atoms with Crippen LogP contribution in [-0.4, -0.2) is 26.0 Å². The van der Waals surface area contributed by atoms with E-state index >= 15 is 0 Å². The van der Waals surface area contributed by atoms with Gasteiger partial charge in [0.15, 0.2) is 0 Å². The second-order valence-corrected chi connectivity index (χ2v) is 5.25. The zero-order valence-electron chi connectivity index (χ0n) is 14.1. The van der Waals surface area contributed by atoms with E-state index in [1.807, 2.05) is 62.4 Å². The van der Waals surface area contributed by atoms with E-state index in [0.29, 0.717) is 6.61 Å². The first-order chi connectivity index (χ1) is 11.2. The Labute approximate surface area is 137 Å². The van der Waals surface area contributed by atoms with Crippen LogP contribution in [0.15, 0.2) is 53.7 Å². The summed E-state index contributed by atoms with van der Waals surface area (Å²) in [7, 11) is 3.19. The van der Waals surface area contributed by atoms with E-state index in [4.69, 9.17) is 14.3 Å². The number of hydrogen-bond acceptors (Lipinski definition) is 4. The summed E-state index contributed by atoms with van der Waals surface area (Å²) >= 11 is 0. The Morgan fingerprint density at radius 1 is 1.04 bits per heavy atom. The minimum absolute atomic E-state index is 0.172. The highest BCUT2D eigenvalue weighted by Crippen LogP contribution is 2.20. The molecule has 0 amide bonds. The number of rotatable bonds is 7. The molecule has 1 atom stereocenters. The minimum atomic E-state index is -0.172. The van der Waals surface area contributed by atoms with Crippen molar-refractivity contribution in [3.63, 3.8) is 0 Å². The van der Waals surface area contributed by atoms with Gasteiger partial charge in [0, 0.05) is 12.7 Å². The molecule has 0 bridgehead atoms. The van der Waals surface area contributed by atoms with Gasteiger partial charge in [-0.1, -0.05) is 47.6 Å². The van der Waals surface area contributed by atoms with Crippen molar-refractivity contribution in [3.8, 4) is 5.75 Å². The van der Waals surface area contributed by atoms with Crippen LogP contribution in [-0.2, 0) is 16.2 Å². The highest BCUT2D eigenvalue weighted by atomic mass is 16.6. The van der Waals surface area contributed by atoms with Crippen molar-refractivity contribution in [3.05, 3.63) is 65.2 Å². The third-order valence-electron chi connectivity index (χ3n) is 3.70. The maximum Gasteiger partial charge on any atom is 0.122 e. The standard InChI is InChI=1S/C19H23NO3/c1-14-9-5-8-12-18(14)23-13-16-10-6-7-11-17(16)19(20-22-4)15(2)21-3/h5-12,15H,13H2,1-4H3. The number of hydrogen-bond donors (Lipinski definition) is 0. The van der Waals surface area contributed by atoms with Crippen LogP contribution in [0.5, 0.6) is 5.75 Å². The van der Waals surface area contributed by atoms with Gasteiger partial charge in [0.2, 0.25) is 0 Å². The summed E-state index contributed by atoms with van der Waals surface area (Å²) in [4.78, 5) is 4.99. The monoisotopic (exact) mass is 313 g/mol. The van der Waals surface area contributed by atoms with Gasteiger partial charge < -0.3 is 14.3 Å². The van der Waals surface area contributed by atoms with Crippen molar-refractivity contribution in [1.29, 1.82) is 0 Å². The second-order valence-electron chi connectivity index (χ2n) is 5.25. The highest BCUT2D eigenvalue weighted by molar-refractivity contribution is 6.04. The normalized spacial score (nSPS) is 12.8. The average Bonchev–Trinajstić information content (AvgIpc) is 2.59. The molecule has 2 aromatic rings. The van der Waals surface area contributed by atoms with Gasteiger partial charge in [0.05, 0.1) is 0 Å². The van der Waals surface area contributed by atoms with Crippen LogP contribution in [0.4, 0.5) is 0 Å². The third kappa shape index (κ3) is 4.33. The number of aryl methyl sites for hydroxylation is 1. The molecule has 122 valence electrons. The van der Waals surface area contributed by atoms with Gasteiger partial charge in [0.25, 0.3) is 0 Å². The van der Waals surface area contributed by atoms with Gasteiger partial charge in [-0.25, -0.2) is 0 Å². The molecule has 1 unspecified atom stereocenters. The third-order valence-corrected chi connectivity index (χ3v) is 3.70. The number of oxime groups is 1. The molecule has 4 heteroatoms. The molecule has 0 heterocycles. The number of nitrogens with zero attached hydrogens (tertiary/aromatic N) is 1. The maximum absolute atomic E-state index is 5.97. The van der Waals surface area contributed by atoms with Crippen molar-refractivity contribution in [1.82, 2.24) is 0 Å². The first-order valence-electron chi connectivity index (χ1n) is 7.58. The second kappa shape index (κ2) is 8.34. The number of methoxy groups -OCH3 is 1. The van der Waals surface area contributed by atoms with Gasteiger partial charge in [0.1, 0.15) is 31.3 Å². The lowest BCUT2D eigenvalue weighted by molar-refractivity contribution is 0.158. The van der Waals surface area contributed by atoms with Crippen molar-refractivity contribution in [2.45, 2.75) is 26.6 Å². The van der Waals surface area contributed by atoms with E-state index in [1.54, 1.807) is 7.11 Å². The van der Waals surface area contributed by atoms with Gasteiger partial charge in [-0.15, -0.1) is 0 Å². The Hall–Kier alpha value is -2.33. The zero-order valence-corrected chi connectivity index (χ0v) is 14.1. The van der Waals surface area contributed by atoms with Crippen LogP contribution in [0, 0.1) is 6.92 Å². The Bertz CT molecular complexity index is 667. The quantitative estimate of drug-likeness (QED) is 0.574. The first-order valence-corrected chi connectivity index (χ1v) is 7.58. The van der Waals surface area contributed by atoms with Crippen LogP contribution in [0.2, 0.25) is 0 Å². The fourth-order valence-electron chi connectivity index (χ4n) is 2.32. The molecule has 0 N–H and O–H groups in total. The van der Waals surface area contributed by atoms with Crippen molar-refractivity contribution in [2.24, 2.45) is 5.16 Å². The molecule has 0 radical (unpaired) electrons. The summed E-state index contributed by atoms with van der Waals surface area (Å²) in [5, 5.41) is 4.13. The molecule has 0 saturated heterocycles. The summed E-state index contributed by atoms with van der Waals surface area (Å²) in [6.45, 7) is 4.43. The summed E-state index contributed by atoms with van der Waals surface area (Å²) in [6, 6.07) is 16.0. The summed E-state index contributed by atoms with van der Waals surface area (Å²) in [6.07, 6.45) is -0.172. The zero-order chi connectivity index (χ0) is 16.7. The molecule has 0 spiro atoms. The van der Waals surface area contributed by atoms with Crippen molar-refractivity contribution in [2.75, 3.05) is 14.2 Å². The summed E-state index contributed by atoms with van der Waals surface area (Å²) < 4.78 is 11.4. The van der Waals surface area contributed by atoms with E-state index < -0.39 is 0 Å². The van der Waals surface area contributed by atoms with Crippen LogP contribution < -0.4 is 4.74 Å². The van der Waals surface area contributed by atoms with Crippen LogP contribution in [0.3, 0.4) is 0 Å². The molecule has 0 aliphatic rings.